The van der Waals surface area contributed by atoms with Crippen molar-refractivity contribution < 1.29 is 9.21 Å². The summed E-state index contributed by atoms with van der Waals surface area (Å²) in [4.78, 5) is 19.6. The predicted octanol–water partition coefficient (Wildman–Crippen LogP) is 1.99. The minimum absolute atomic E-state index is 0.244. The van der Waals surface area contributed by atoms with Gasteiger partial charge >= 0.3 is 0 Å². The zero-order valence-electron chi connectivity index (χ0n) is 10.3. The molecule has 3 rings (SSSR count). The summed E-state index contributed by atoms with van der Waals surface area (Å²) in [5.74, 6) is 0.412. The fraction of sp³-hybridized carbons (Fsp3) is 0.0714. The third-order valence-corrected chi connectivity index (χ3v) is 2.91. The summed E-state index contributed by atoms with van der Waals surface area (Å²) in [6.45, 7) is 1.88. The quantitative estimate of drug-likeness (QED) is 0.777. The third-order valence-electron chi connectivity index (χ3n) is 2.91. The Kier molecular flexibility index (Phi) is 2.72. The molecule has 0 fully saturated rings. The van der Waals surface area contributed by atoms with Crippen molar-refractivity contribution in [1.82, 2.24) is 10.3 Å². The lowest BCUT2D eigenvalue weighted by molar-refractivity contribution is -0.114. The summed E-state index contributed by atoms with van der Waals surface area (Å²) in [7, 11) is 0. The number of hydrogen-bond acceptors (Lipinski definition) is 4. The van der Waals surface area contributed by atoms with E-state index in [0.29, 0.717) is 17.0 Å². The summed E-state index contributed by atoms with van der Waals surface area (Å²) in [5, 5.41) is 3.07. The summed E-state index contributed by atoms with van der Waals surface area (Å²) in [6, 6.07) is 0. The summed E-state index contributed by atoms with van der Waals surface area (Å²) in [6.07, 6.45) is 11.8. The zero-order valence-corrected chi connectivity index (χ0v) is 10.3. The van der Waals surface area contributed by atoms with Crippen LogP contribution in [0.5, 0.6) is 0 Å². The Morgan fingerprint density at radius 1 is 1.37 bits per heavy atom. The van der Waals surface area contributed by atoms with Crippen LogP contribution in [0.1, 0.15) is 12.7 Å². The smallest absolute Gasteiger partial charge is 0.279 e. The molecule has 0 aliphatic carbocycles. The Hall–Kier alpha value is -2.69. The molecule has 94 valence electrons. The molecule has 5 heteroatoms. The van der Waals surface area contributed by atoms with Crippen molar-refractivity contribution in [2.24, 2.45) is 4.99 Å². The van der Waals surface area contributed by atoms with Gasteiger partial charge in [-0.3, -0.25) is 4.79 Å². The third kappa shape index (κ3) is 2.06. The van der Waals surface area contributed by atoms with Crippen LogP contribution in [0, 0.1) is 0 Å². The number of aromatic nitrogens is 1. The Labute approximate surface area is 109 Å². The Bertz CT molecular complexity index is 674. The maximum Gasteiger partial charge on any atom is 0.279 e. The minimum atomic E-state index is -0.244. The average molecular weight is 253 g/mol. The van der Waals surface area contributed by atoms with Gasteiger partial charge in [0.25, 0.3) is 5.91 Å². The molecular weight excluding hydrogens is 242 g/mol. The number of oxazole rings is 1. The number of nitrogens with zero attached hydrogens (tertiary/aromatic N) is 2. The van der Waals surface area contributed by atoms with Crippen molar-refractivity contribution in [3.05, 3.63) is 59.6 Å². The highest BCUT2D eigenvalue weighted by Gasteiger charge is 2.19. The Morgan fingerprint density at radius 3 is 3.00 bits per heavy atom. The number of amides is 1. The standard InChI is InChI=1S/C14H11N3O2/c1-9-2-4-17-14(18)13(9)11-6-10(3-5-16-11)12-7-15-8-19-12/h2-8,16H,1H3. The number of allylic oxidation sites excluding steroid dienone is 4. The van der Waals surface area contributed by atoms with E-state index < -0.39 is 0 Å². The first kappa shape index (κ1) is 11.4. The molecule has 5 nitrogen and oxygen atoms in total. The number of nitrogens with one attached hydrogen (secondary N) is 1. The van der Waals surface area contributed by atoms with Crippen LogP contribution in [-0.2, 0) is 4.79 Å². The van der Waals surface area contributed by atoms with E-state index in [-0.39, 0.29) is 5.91 Å². The number of aliphatic imine (C=N–C) groups is 1. The highest BCUT2D eigenvalue weighted by Crippen LogP contribution is 2.25. The van der Waals surface area contributed by atoms with Crippen molar-refractivity contribution in [3.63, 3.8) is 0 Å². The molecule has 0 aromatic carbocycles. The van der Waals surface area contributed by atoms with Crippen LogP contribution in [0.2, 0.25) is 0 Å². The van der Waals surface area contributed by atoms with Crippen LogP contribution in [-0.4, -0.2) is 17.1 Å². The molecule has 0 unspecified atom stereocenters. The number of carbonyl (C=O) groups is 1. The minimum Gasteiger partial charge on any atom is -0.444 e. The predicted molar refractivity (Wildman–Crippen MR) is 71.0 cm³/mol. The van der Waals surface area contributed by atoms with Crippen LogP contribution in [0.3, 0.4) is 0 Å². The molecule has 1 N–H and O–H groups in total. The molecule has 0 saturated carbocycles. The lowest BCUT2D eigenvalue weighted by Gasteiger charge is -2.16. The maximum absolute atomic E-state index is 11.9. The normalized spacial score (nSPS) is 22.1. The van der Waals surface area contributed by atoms with Gasteiger partial charge in [-0.1, -0.05) is 0 Å². The first-order valence-corrected chi connectivity index (χ1v) is 5.79. The van der Waals surface area contributed by atoms with Crippen LogP contribution >= 0.6 is 0 Å². The first-order chi connectivity index (χ1) is 9.25. The molecule has 1 amide bonds. The van der Waals surface area contributed by atoms with E-state index in [2.05, 4.69) is 15.3 Å². The summed E-state index contributed by atoms with van der Waals surface area (Å²) in [5.41, 5.74) is 3.02. The van der Waals surface area contributed by atoms with Gasteiger partial charge in [0.15, 0.2) is 12.2 Å². The van der Waals surface area contributed by atoms with Gasteiger partial charge in [0.2, 0.25) is 0 Å². The van der Waals surface area contributed by atoms with E-state index in [1.165, 1.54) is 12.6 Å². The van der Waals surface area contributed by atoms with Gasteiger partial charge in [-0.05, 0) is 30.7 Å². The monoisotopic (exact) mass is 253 g/mol. The van der Waals surface area contributed by atoms with Gasteiger partial charge in [-0.2, -0.15) is 0 Å². The molecule has 3 heterocycles. The van der Waals surface area contributed by atoms with Crippen molar-refractivity contribution in [2.75, 3.05) is 0 Å². The largest absolute Gasteiger partial charge is 0.444 e. The number of rotatable bonds is 1. The van der Waals surface area contributed by atoms with Gasteiger partial charge < -0.3 is 9.73 Å². The second-order valence-electron chi connectivity index (χ2n) is 4.16. The van der Waals surface area contributed by atoms with Gasteiger partial charge in [-0.25, -0.2) is 9.98 Å². The van der Waals surface area contributed by atoms with Crippen molar-refractivity contribution in [3.8, 4) is 0 Å². The van der Waals surface area contributed by atoms with Crippen LogP contribution in [0.25, 0.3) is 5.57 Å². The van der Waals surface area contributed by atoms with Gasteiger partial charge in [0.1, 0.15) is 0 Å². The molecule has 2 aliphatic rings. The molecular formula is C14H11N3O2. The first-order valence-electron chi connectivity index (χ1n) is 5.79. The van der Waals surface area contributed by atoms with E-state index in [1.807, 2.05) is 25.2 Å². The summed E-state index contributed by atoms with van der Waals surface area (Å²) < 4.78 is 5.25. The van der Waals surface area contributed by atoms with Gasteiger partial charge in [0, 0.05) is 18.0 Å². The molecule has 0 spiro atoms. The number of hydrogen-bond donors (Lipinski definition) is 1. The second kappa shape index (κ2) is 4.53. The molecule has 1 aromatic heterocycles. The molecule has 0 saturated heterocycles. The molecule has 0 bridgehead atoms. The lowest BCUT2D eigenvalue weighted by atomic mass is 9.99. The molecule has 19 heavy (non-hydrogen) atoms. The van der Waals surface area contributed by atoms with E-state index >= 15 is 0 Å². The Balaban J connectivity index is 2.07. The number of dihydropyridines is 2. The van der Waals surface area contributed by atoms with Crippen molar-refractivity contribution in [1.29, 1.82) is 0 Å². The van der Waals surface area contributed by atoms with E-state index in [9.17, 15) is 4.79 Å². The lowest BCUT2D eigenvalue weighted by Crippen LogP contribution is -2.16. The van der Waals surface area contributed by atoms with Crippen LogP contribution in [0.15, 0.2) is 63.3 Å². The van der Waals surface area contributed by atoms with Crippen molar-refractivity contribution in [2.45, 2.75) is 6.92 Å². The van der Waals surface area contributed by atoms with Gasteiger partial charge in [-0.15, -0.1) is 0 Å². The zero-order chi connectivity index (χ0) is 13.2. The van der Waals surface area contributed by atoms with E-state index in [1.54, 1.807) is 12.4 Å². The second-order valence-corrected chi connectivity index (χ2v) is 4.16. The summed E-state index contributed by atoms with van der Waals surface area (Å²) >= 11 is 0. The van der Waals surface area contributed by atoms with Gasteiger partial charge in [0.05, 0.1) is 17.5 Å². The van der Waals surface area contributed by atoms with E-state index in [0.717, 1.165) is 11.1 Å². The maximum atomic E-state index is 11.9. The molecule has 1 aromatic rings. The van der Waals surface area contributed by atoms with Crippen LogP contribution in [0.4, 0.5) is 0 Å². The molecule has 0 radical (unpaired) electrons. The average Bonchev–Trinajstić information content (AvgIpc) is 2.93. The fourth-order valence-corrected chi connectivity index (χ4v) is 1.98. The number of carbonyl (C=O) groups excluding carboxylic acids is 1. The Morgan fingerprint density at radius 2 is 2.26 bits per heavy atom. The molecule has 2 aliphatic heterocycles. The highest BCUT2D eigenvalue weighted by atomic mass is 16.3. The molecule has 0 atom stereocenters. The van der Waals surface area contributed by atoms with Crippen LogP contribution < -0.4 is 5.32 Å². The van der Waals surface area contributed by atoms with E-state index in [4.69, 9.17) is 4.42 Å². The fourth-order valence-electron chi connectivity index (χ4n) is 1.98. The topological polar surface area (TPSA) is 67.5 Å². The van der Waals surface area contributed by atoms with Crippen molar-refractivity contribution >= 4 is 17.7 Å². The SMILES string of the molecule is CC1=CC=NC(=O)C1=C1C=C(c2cnco2)C=CN1. The highest BCUT2D eigenvalue weighted by molar-refractivity contribution is 6.08.